The SMILES string of the molecule is CS(=O)Oc1cccs1. The van der Waals surface area contributed by atoms with Gasteiger partial charge in [0, 0.05) is 6.26 Å². The predicted molar refractivity (Wildman–Crippen MR) is 39.0 cm³/mol. The molecule has 0 spiro atoms. The summed E-state index contributed by atoms with van der Waals surface area (Å²) < 4.78 is 15.3. The molecule has 1 aromatic heterocycles. The standard InChI is InChI=1S/C5H6O2S2/c1-9(6)7-5-3-2-4-8-5/h2-4H,1H3. The molecular formula is C5H6O2S2. The van der Waals surface area contributed by atoms with E-state index in [9.17, 15) is 4.21 Å². The van der Waals surface area contributed by atoms with Gasteiger partial charge in [0.25, 0.3) is 0 Å². The van der Waals surface area contributed by atoms with Gasteiger partial charge in [0.05, 0.1) is 0 Å². The van der Waals surface area contributed by atoms with Gasteiger partial charge in [0.15, 0.2) is 5.06 Å². The summed E-state index contributed by atoms with van der Waals surface area (Å²) in [7, 11) is 0. The van der Waals surface area contributed by atoms with Crippen LogP contribution in [0.3, 0.4) is 0 Å². The molecule has 0 bridgehead atoms. The minimum absolute atomic E-state index is 0.704. The second-order valence-electron chi connectivity index (χ2n) is 1.42. The highest BCUT2D eigenvalue weighted by Crippen LogP contribution is 2.18. The normalized spacial score (nSPS) is 13.0. The van der Waals surface area contributed by atoms with Gasteiger partial charge in [-0.3, -0.25) is 0 Å². The topological polar surface area (TPSA) is 26.3 Å². The van der Waals surface area contributed by atoms with Crippen LogP contribution in [-0.4, -0.2) is 10.5 Å². The van der Waals surface area contributed by atoms with Gasteiger partial charge < -0.3 is 4.18 Å². The van der Waals surface area contributed by atoms with E-state index in [0.29, 0.717) is 5.06 Å². The molecule has 0 fully saturated rings. The summed E-state index contributed by atoms with van der Waals surface area (Å²) in [5.41, 5.74) is 0. The number of hydrogen-bond donors (Lipinski definition) is 0. The van der Waals surface area contributed by atoms with Crippen molar-refractivity contribution in [2.75, 3.05) is 6.26 Å². The Labute approximate surface area is 60.1 Å². The van der Waals surface area contributed by atoms with Crippen LogP contribution in [0.15, 0.2) is 17.5 Å². The molecule has 1 unspecified atom stereocenters. The third-order valence-corrected chi connectivity index (χ3v) is 1.96. The summed E-state index contributed by atoms with van der Waals surface area (Å²) in [6.07, 6.45) is 1.50. The summed E-state index contributed by atoms with van der Waals surface area (Å²) >= 11 is 0.251. The second kappa shape index (κ2) is 2.98. The largest absolute Gasteiger partial charge is 0.390 e. The Morgan fingerprint density at radius 3 is 3.00 bits per heavy atom. The van der Waals surface area contributed by atoms with Gasteiger partial charge in [0.1, 0.15) is 0 Å². The minimum Gasteiger partial charge on any atom is -0.390 e. The first-order chi connectivity index (χ1) is 4.29. The second-order valence-corrected chi connectivity index (χ2v) is 3.30. The molecule has 0 aliphatic carbocycles. The first-order valence-electron chi connectivity index (χ1n) is 2.34. The van der Waals surface area contributed by atoms with Gasteiger partial charge in [-0.1, -0.05) is 0 Å². The number of rotatable bonds is 2. The van der Waals surface area contributed by atoms with E-state index in [-0.39, 0.29) is 0 Å². The quantitative estimate of drug-likeness (QED) is 0.657. The Bertz CT molecular complexity index is 193. The van der Waals surface area contributed by atoms with Crippen LogP contribution < -0.4 is 4.18 Å². The molecular weight excluding hydrogens is 156 g/mol. The van der Waals surface area contributed by atoms with Crippen molar-refractivity contribution >= 4 is 22.4 Å². The van der Waals surface area contributed by atoms with Crippen LogP contribution in [0.5, 0.6) is 5.06 Å². The van der Waals surface area contributed by atoms with Crippen LogP contribution in [0, 0.1) is 0 Å². The lowest BCUT2D eigenvalue weighted by Gasteiger charge is -1.92. The summed E-state index contributed by atoms with van der Waals surface area (Å²) in [5.74, 6) is 0. The van der Waals surface area contributed by atoms with Gasteiger partial charge in [-0.2, -0.15) is 0 Å². The highest BCUT2D eigenvalue weighted by atomic mass is 32.2. The number of hydrogen-bond acceptors (Lipinski definition) is 3. The van der Waals surface area contributed by atoms with Crippen LogP contribution >= 0.6 is 11.3 Å². The van der Waals surface area contributed by atoms with Crippen LogP contribution in [-0.2, 0) is 11.1 Å². The average molecular weight is 162 g/mol. The van der Waals surface area contributed by atoms with Crippen molar-refractivity contribution < 1.29 is 8.39 Å². The summed E-state index contributed by atoms with van der Waals surface area (Å²) in [4.78, 5) is 0. The maximum atomic E-state index is 10.4. The summed E-state index contributed by atoms with van der Waals surface area (Å²) in [6, 6.07) is 3.64. The van der Waals surface area contributed by atoms with Crippen molar-refractivity contribution in [2.45, 2.75) is 0 Å². The third-order valence-electron chi connectivity index (χ3n) is 0.695. The van der Waals surface area contributed by atoms with Crippen molar-refractivity contribution in [2.24, 2.45) is 0 Å². The van der Waals surface area contributed by atoms with E-state index in [2.05, 4.69) is 0 Å². The minimum atomic E-state index is -1.18. The molecule has 1 rings (SSSR count). The molecule has 0 saturated heterocycles. The zero-order valence-corrected chi connectivity index (χ0v) is 6.50. The van der Waals surface area contributed by atoms with E-state index in [1.165, 1.54) is 17.6 Å². The molecule has 1 atom stereocenters. The van der Waals surface area contributed by atoms with E-state index in [1.54, 1.807) is 6.07 Å². The first-order valence-corrected chi connectivity index (χ1v) is 4.70. The van der Waals surface area contributed by atoms with Crippen molar-refractivity contribution in [3.05, 3.63) is 17.5 Å². The van der Waals surface area contributed by atoms with E-state index in [1.807, 2.05) is 11.4 Å². The Hall–Kier alpha value is -0.350. The fourth-order valence-electron chi connectivity index (χ4n) is 0.427. The van der Waals surface area contributed by atoms with Crippen LogP contribution in [0.25, 0.3) is 0 Å². The Balaban J connectivity index is 2.58. The van der Waals surface area contributed by atoms with Gasteiger partial charge in [-0.05, 0) is 17.5 Å². The first kappa shape index (κ1) is 6.77. The average Bonchev–Trinajstić information content (AvgIpc) is 2.15. The van der Waals surface area contributed by atoms with E-state index in [4.69, 9.17) is 4.18 Å². The molecule has 0 saturated carbocycles. The van der Waals surface area contributed by atoms with Crippen molar-refractivity contribution in [3.8, 4) is 5.06 Å². The van der Waals surface area contributed by atoms with Crippen LogP contribution in [0.4, 0.5) is 0 Å². The fourth-order valence-corrected chi connectivity index (χ4v) is 1.61. The van der Waals surface area contributed by atoms with Gasteiger partial charge >= 0.3 is 0 Å². The Morgan fingerprint density at radius 1 is 1.78 bits per heavy atom. The van der Waals surface area contributed by atoms with E-state index >= 15 is 0 Å². The number of thiophene rings is 1. The molecule has 2 nitrogen and oxygen atoms in total. The lowest BCUT2D eigenvalue weighted by molar-refractivity contribution is 0.578. The van der Waals surface area contributed by atoms with Crippen molar-refractivity contribution in [1.82, 2.24) is 0 Å². The maximum Gasteiger partial charge on any atom is 0.204 e. The van der Waals surface area contributed by atoms with Gasteiger partial charge in [0.2, 0.25) is 11.1 Å². The van der Waals surface area contributed by atoms with E-state index in [0.717, 1.165) is 0 Å². The molecule has 50 valence electrons. The zero-order valence-electron chi connectivity index (χ0n) is 4.87. The molecule has 0 aliphatic rings. The predicted octanol–water partition coefficient (Wildman–Crippen LogP) is 1.42. The Morgan fingerprint density at radius 2 is 2.56 bits per heavy atom. The van der Waals surface area contributed by atoms with E-state index < -0.39 is 11.1 Å². The molecule has 0 aromatic carbocycles. The van der Waals surface area contributed by atoms with Gasteiger partial charge in [-0.15, -0.1) is 11.3 Å². The summed E-state index contributed by atoms with van der Waals surface area (Å²) in [5, 5.41) is 2.58. The molecule has 9 heavy (non-hydrogen) atoms. The Kier molecular flexibility index (Phi) is 2.24. The molecule has 0 N–H and O–H groups in total. The molecule has 0 amide bonds. The lowest BCUT2D eigenvalue weighted by Crippen LogP contribution is -1.93. The maximum absolute atomic E-state index is 10.4. The van der Waals surface area contributed by atoms with Crippen molar-refractivity contribution in [3.63, 3.8) is 0 Å². The third kappa shape index (κ3) is 2.15. The monoisotopic (exact) mass is 162 g/mol. The fraction of sp³-hybridized carbons (Fsp3) is 0.200. The molecule has 0 radical (unpaired) electrons. The molecule has 1 aromatic rings. The van der Waals surface area contributed by atoms with Crippen molar-refractivity contribution in [1.29, 1.82) is 0 Å². The van der Waals surface area contributed by atoms with Gasteiger partial charge in [-0.25, -0.2) is 4.21 Å². The molecule has 1 heterocycles. The molecule has 4 heteroatoms. The highest BCUT2D eigenvalue weighted by molar-refractivity contribution is 7.79. The smallest absolute Gasteiger partial charge is 0.204 e. The zero-order chi connectivity index (χ0) is 6.69. The highest BCUT2D eigenvalue weighted by Gasteiger charge is 1.93. The lowest BCUT2D eigenvalue weighted by atomic mass is 10.7. The van der Waals surface area contributed by atoms with Crippen LogP contribution in [0.1, 0.15) is 0 Å². The molecule has 0 aliphatic heterocycles. The van der Waals surface area contributed by atoms with Crippen LogP contribution in [0.2, 0.25) is 0 Å². The summed E-state index contributed by atoms with van der Waals surface area (Å²) in [6.45, 7) is 0.